The molecular weight excluding hydrogens is 510 g/mol. The number of nitrogens with zero attached hydrogens (tertiary/aromatic N) is 1. The van der Waals surface area contributed by atoms with Crippen LogP contribution in [0.4, 0.5) is 18.4 Å². The third-order valence-electron chi connectivity index (χ3n) is 7.50. The molecule has 3 amide bonds. The summed E-state index contributed by atoms with van der Waals surface area (Å²) in [4.78, 5) is 26.5. The second-order valence-electron chi connectivity index (χ2n) is 11.2. The molecule has 3 N–H and O–H groups in total. The van der Waals surface area contributed by atoms with Gasteiger partial charge in [0.15, 0.2) is 0 Å². The third kappa shape index (κ3) is 9.88. The van der Waals surface area contributed by atoms with Crippen LogP contribution in [-0.4, -0.2) is 82.2 Å². The normalized spacial score (nSPS) is 22.6. The molecule has 11 heteroatoms. The second-order valence-corrected chi connectivity index (χ2v) is 11.2. The van der Waals surface area contributed by atoms with Gasteiger partial charge < -0.3 is 35.1 Å². The van der Waals surface area contributed by atoms with Crippen LogP contribution in [0.25, 0.3) is 0 Å². The minimum atomic E-state index is -0.693. The van der Waals surface area contributed by atoms with E-state index in [0.29, 0.717) is 37.7 Å². The van der Waals surface area contributed by atoms with E-state index >= 15 is 0 Å². The van der Waals surface area contributed by atoms with Crippen molar-refractivity contribution in [2.45, 2.75) is 63.7 Å². The van der Waals surface area contributed by atoms with Crippen LogP contribution in [0, 0.1) is 23.5 Å². The van der Waals surface area contributed by atoms with Crippen molar-refractivity contribution in [2.75, 3.05) is 53.6 Å². The van der Waals surface area contributed by atoms with Gasteiger partial charge in [0.25, 0.3) is 0 Å². The summed E-state index contributed by atoms with van der Waals surface area (Å²) in [7, 11) is 3.13. The van der Waals surface area contributed by atoms with Crippen LogP contribution in [-0.2, 0) is 14.2 Å². The summed E-state index contributed by atoms with van der Waals surface area (Å²) in [5.41, 5.74) is 0.269. The fraction of sp³-hybridized carbons (Fsp3) is 0.714. The monoisotopic (exact) mass is 554 g/mol. The molecule has 4 atom stereocenters. The number of ether oxygens (including phenoxy) is 3. The van der Waals surface area contributed by atoms with Gasteiger partial charge in [0.2, 0.25) is 0 Å². The summed E-state index contributed by atoms with van der Waals surface area (Å²) in [6.07, 6.45) is 3.09. The largest absolute Gasteiger partial charge is 0.453 e. The van der Waals surface area contributed by atoms with Gasteiger partial charge in [-0.2, -0.15) is 0 Å². The van der Waals surface area contributed by atoms with Gasteiger partial charge in [0.05, 0.1) is 32.0 Å². The number of likely N-dealkylation sites (tertiary alicyclic amines) is 1. The molecule has 2 fully saturated rings. The predicted molar refractivity (Wildman–Crippen MR) is 143 cm³/mol. The van der Waals surface area contributed by atoms with Crippen LogP contribution in [0.2, 0.25) is 0 Å². The Kier molecular flexibility index (Phi) is 11.7. The number of methoxy groups -OCH3 is 1. The lowest BCUT2D eigenvalue weighted by molar-refractivity contribution is -0.0792. The molecule has 0 saturated carbocycles. The van der Waals surface area contributed by atoms with Crippen LogP contribution >= 0.6 is 0 Å². The summed E-state index contributed by atoms with van der Waals surface area (Å²) in [6, 6.07) is 3.13. The Balaban J connectivity index is 1.64. The molecule has 0 unspecified atom stereocenters. The van der Waals surface area contributed by atoms with E-state index in [0.717, 1.165) is 38.2 Å². The molecule has 0 aliphatic carbocycles. The van der Waals surface area contributed by atoms with Crippen molar-refractivity contribution in [3.63, 3.8) is 0 Å². The number of nitrogens with one attached hydrogen (secondary N) is 3. The molecule has 2 aliphatic heterocycles. The van der Waals surface area contributed by atoms with Crippen molar-refractivity contribution < 1.29 is 32.6 Å². The summed E-state index contributed by atoms with van der Waals surface area (Å²) in [5.74, 6) is -1.19. The maximum absolute atomic E-state index is 14.1. The van der Waals surface area contributed by atoms with Gasteiger partial charge in [-0.15, -0.1) is 0 Å². The van der Waals surface area contributed by atoms with E-state index in [1.807, 2.05) is 7.05 Å². The van der Waals surface area contributed by atoms with Gasteiger partial charge >= 0.3 is 12.1 Å². The van der Waals surface area contributed by atoms with E-state index in [-0.39, 0.29) is 36.7 Å². The predicted octanol–water partition coefficient (Wildman–Crippen LogP) is 3.98. The van der Waals surface area contributed by atoms with Gasteiger partial charge in [-0.25, -0.2) is 18.4 Å². The molecule has 0 aromatic heterocycles. The fourth-order valence-corrected chi connectivity index (χ4v) is 5.44. The molecule has 1 aromatic rings. The van der Waals surface area contributed by atoms with Crippen molar-refractivity contribution in [3.05, 3.63) is 35.4 Å². The lowest BCUT2D eigenvalue weighted by atomic mass is 9.87. The molecule has 2 heterocycles. The van der Waals surface area contributed by atoms with Gasteiger partial charge in [0, 0.05) is 44.2 Å². The first-order valence-electron chi connectivity index (χ1n) is 13.8. The number of piperidine rings is 1. The van der Waals surface area contributed by atoms with E-state index in [1.165, 1.54) is 19.2 Å². The average molecular weight is 555 g/mol. The molecule has 1 aromatic carbocycles. The summed E-state index contributed by atoms with van der Waals surface area (Å²) in [6.45, 7) is 6.79. The number of benzene rings is 1. The molecule has 9 nitrogen and oxygen atoms in total. The minimum absolute atomic E-state index is 0.0496. The number of likely N-dealkylation sites (N-methyl/N-ethyl adjacent to an activating group) is 1. The molecule has 2 saturated heterocycles. The zero-order valence-electron chi connectivity index (χ0n) is 23.6. The smallest absolute Gasteiger partial charge is 0.406 e. The summed E-state index contributed by atoms with van der Waals surface area (Å²) < 4.78 is 44.8. The van der Waals surface area contributed by atoms with Crippen molar-refractivity contribution in [3.8, 4) is 0 Å². The third-order valence-corrected chi connectivity index (χ3v) is 7.50. The van der Waals surface area contributed by atoms with Crippen molar-refractivity contribution in [1.29, 1.82) is 0 Å². The Morgan fingerprint density at radius 3 is 2.59 bits per heavy atom. The van der Waals surface area contributed by atoms with Crippen molar-refractivity contribution in [1.82, 2.24) is 20.9 Å². The molecule has 220 valence electrons. The Morgan fingerprint density at radius 2 is 1.95 bits per heavy atom. The minimum Gasteiger partial charge on any atom is -0.453 e. The molecule has 3 rings (SSSR count). The van der Waals surface area contributed by atoms with E-state index < -0.39 is 23.8 Å². The number of alkyl carbamates (subject to hydrolysis) is 1. The van der Waals surface area contributed by atoms with E-state index in [9.17, 15) is 18.4 Å². The van der Waals surface area contributed by atoms with Gasteiger partial charge in [-0.1, -0.05) is 0 Å². The molecule has 0 radical (unpaired) electrons. The highest BCUT2D eigenvalue weighted by atomic mass is 19.1. The van der Waals surface area contributed by atoms with Gasteiger partial charge in [-0.3, -0.25) is 0 Å². The van der Waals surface area contributed by atoms with Crippen LogP contribution in [0.3, 0.4) is 0 Å². The molecule has 0 spiro atoms. The zero-order chi connectivity index (χ0) is 28.4. The number of rotatable bonds is 11. The maximum Gasteiger partial charge on any atom is 0.406 e. The maximum atomic E-state index is 14.1. The number of carbonyl (C=O) groups excluding carboxylic acids is 2. The molecular formula is C28H44F2N4O5. The number of hydrogen-bond donors (Lipinski definition) is 3. The van der Waals surface area contributed by atoms with Crippen LogP contribution in [0.15, 0.2) is 18.2 Å². The van der Waals surface area contributed by atoms with E-state index in [2.05, 4.69) is 34.5 Å². The molecule has 0 bridgehead atoms. The highest BCUT2D eigenvalue weighted by molar-refractivity contribution is 5.74. The second kappa shape index (κ2) is 14.8. The first kappa shape index (κ1) is 31.0. The number of amides is 3. The Morgan fingerprint density at radius 1 is 1.21 bits per heavy atom. The van der Waals surface area contributed by atoms with E-state index in [4.69, 9.17) is 9.47 Å². The van der Waals surface area contributed by atoms with Crippen LogP contribution in [0.1, 0.15) is 57.6 Å². The molecule has 2 aliphatic rings. The first-order valence-corrected chi connectivity index (χ1v) is 13.8. The lowest BCUT2D eigenvalue weighted by Gasteiger charge is -2.39. The van der Waals surface area contributed by atoms with Gasteiger partial charge in [-0.05, 0) is 76.6 Å². The lowest BCUT2D eigenvalue weighted by Crippen LogP contribution is -2.52. The average Bonchev–Trinajstić information content (AvgIpc) is 2.89. The number of hydrogen-bond acceptors (Lipinski definition) is 6. The zero-order valence-corrected chi connectivity index (χ0v) is 23.6. The fourth-order valence-electron chi connectivity index (χ4n) is 5.44. The van der Waals surface area contributed by atoms with E-state index in [1.54, 1.807) is 4.90 Å². The topological polar surface area (TPSA) is 101 Å². The van der Waals surface area contributed by atoms with Gasteiger partial charge in [0.1, 0.15) is 11.6 Å². The molecule has 39 heavy (non-hydrogen) atoms. The number of carbonyl (C=O) groups is 2. The Hall–Kier alpha value is -2.50. The first-order chi connectivity index (χ1) is 18.6. The summed E-state index contributed by atoms with van der Waals surface area (Å²) >= 11 is 0. The number of urea groups is 1. The van der Waals surface area contributed by atoms with Crippen LogP contribution < -0.4 is 16.0 Å². The number of halogens is 2. The Bertz CT molecular complexity index is 920. The SMILES string of the molecule is CNC[C@H](C[C@H]1CCC(C)(C)OC1)NC(=O)N1CCC[C@@H]([C@@H](OCCNC(=O)OC)c2cc(F)cc(F)c2)C1. The standard InChI is InChI=1S/C28H44F2N4O5/c1-28(2)8-7-19(18-39-28)12-24(16-31-3)33-26(35)34-10-5-6-20(17-34)25(38-11-9-32-27(36)37-4)21-13-22(29)15-23(30)14-21/h13-15,19-20,24-25,31H,5-12,16-18H2,1-4H3,(H,32,36)(H,33,35)/t19-,20-,24+,25-/m1/s1. The van der Waals surface area contributed by atoms with Crippen molar-refractivity contribution >= 4 is 12.1 Å². The van der Waals surface area contributed by atoms with Crippen molar-refractivity contribution in [2.24, 2.45) is 11.8 Å². The highest BCUT2D eigenvalue weighted by Gasteiger charge is 2.33. The quantitative estimate of drug-likeness (QED) is 0.358. The Labute approximate surface area is 230 Å². The summed E-state index contributed by atoms with van der Waals surface area (Å²) in [5, 5.41) is 8.91. The van der Waals surface area contributed by atoms with Crippen LogP contribution in [0.5, 0.6) is 0 Å². The highest BCUT2D eigenvalue weighted by Crippen LogP contribution is 2.34.